The molecule has 166 valence electrons. The predicted molar refractivity (Wildman–Crippen MR) is 122 cm³/mol. The summed E-state index contributed by atoms with van der Waals surface area (Å²) in [4.78, 5) is 38.7. The minimum Gasteiger partial charge on any atom is -0.489 e. The summed E-state index contributed by atoms with van der Waals surface area (Å²) in [5.74, 6) is -1.34. The monoisotopic (exact) mass is 464 g/mol. The van der Waals surface area contributed by atoms with E-state index >= 15 is 0 Å². The van der Waals surface area contributed by atoms with Crippen LogP contribution in [-0.4, -0.2) is 17.8 Å². The maximum absolute atomic E-state index is 13.3. The van der Waals surface area contributed by atoms with Crippen LogP contribution in [0.1, 0.15) is 16.7 Å². The third-order valence-electron chi connectivity index (χ3n) is 5.07. The van der Waals surface area contributed by atoms with E-state index in [0.717, 1.165) is 4.90 Å². The van der Waals surface area contributed by atoms with Gasteiger partial charge in [-0.1, -0.05) is 41.9 Å². The summed E-state index contributed by atoms with van der Waals surface area (Å²) in [6.07, 6.45) is 1.40. The van der Waals surface area contributed by atoms with Crippen LogP contribution in [0.4, 0.5) is 14.9 Å². The molecule has 0 radical (unpaired) electrons. The van der Waals surface area contributed by atoms with E-state index in [-0.39, 0.29) is 18.0 Å². The van der Waals surface area contributed by atoms with Crippen molar-refractivity contribution in [2.75, 3.05) is 4.90 Å². The van der Waals surface area contributed by atoms with Crippen LogP contribution >= 0.6 is 11.6 Å². The first-order chi connectivity index (χ1) is 15.8. The topological polar surface area (TPSA) is 75.7 Å². The number of carbonyl (C=O) groups is 3. The van der Waals surface area contributed by atoms with E-state index in [2.05, 4.69) is 5.32 Å². The van der Waals surface area contributed by atoms with Crippen LogP contribution in [0.5, 0.6) is 5.75 Å². The molecule has 1 saturated heterocycles. The highest BCUT2D eigenvalue weighted by atomic mass is 35.5. The summed E-state index contributed by atoms with van der Waals surface area (Å²) in [6.45, 7) is 1.87. The van der Waals surface area contributed by atoms with Gasteiger partial charge in [0.15, 0.2) is 0 Å². The lowest BCUT2D eigenvalue weighted by Crippen LogP contribution is -2.54. The molecule has 0 unspecified atom stereocenters. The Bertz CT molecular complexity index is 1290. The number of imide groups is 2. The number of nitrogens with one attached hydrogen (secondary N) is 1. The molecule has 1 aliphatic rings. The smallest absolute Gasteiger partial charge is 0.335 e. The van der Waals surface area contributed by atoms with Gasteiger partial charge in [-0.3, -0.25) is 14.9 Å². The van der Waals surface area contributed by atoms with Gasteiger partial charge in [-0.05, 0) is 66.1 Å². The molecule has 1 fully saturated rings. The molecule has 0 saturated carbocycles. The van der Waals surface area contributed by atoms with Crippen molar-refractivity contribution in [3.8, 4) is 5.75 Å². The summed E-state index contributed by atoms with van der Waals surface area (Å²) in [5.41, 5.74) is 1.89. The minimum absolute atomic E-state index is 0.190. The zero-order valence-electron chi connectivity index (χ0n) is 17.5. The van der Waals surface area contributed by atoms with Crippen LogP contribution < -0.4 is 15.0 Å². The number of barbiturate groups is 1. The molecule has 0 bridgehead atoms. The molecule has 0 aliphatic carbocycles. The van der Waals surface area contributed by atoms with E-state index in [1.54, 1.807) is 61.5 Å². The maximum Gasteiger partial charge on any atom is 0.335 e. The molecule has 4 rings (SSSR count). The van der Waals surface area contributed by atoms with Gasteiger partial charge < -0.3 is 4.74 Å². The van der Waals surface area contributed by atoms with Gasteiger partial charge in [-0.25, -0.2) is 14.1 Å². The van der Waals surface area contributed by atoms with Crippen molar-refractivity contribution in [3.05, 3.63) is 99.8 Å². The fraction of sp³-hybridized carbons (Fsp3) is 0.0800. The summed E-state index contributed by atoms with van der Waals surface area (Å²) in [6, 6.07) is 16.8. The number of ether oxygens (including phenoxy) is 1. The van der Waals surface area contributed by atoms with Gasteiger partial charge in [0.1, 0.15) is 23.7 Å². The van der Waals surface area contributed by atoms with Gasteiger partial charge in [-0.2, -0.15) is 0 Å². The van der Waals surface area contributed by atoms with E-state index in [4.69, 9.17) is 16.3 Å². The standard InChI is InChI=1S/C25H18ClFN2O4/c1-15-21(26)6-3-7-22(15)29-24(31)20(23(30)28-25(29)32)13-16-8-10-19(11-9-16)33-14-17-4-2-5-18(27)12-17/h2-13H,14H2,1H3,(H,28,30,32)/b20-13+. The molecule has 0 atom stereocenters. The highest BCUT2D eigenvalue weighted by molar-refractivity contribution is 6.39. The zero-order valence-corrected chi connectivity index (χ0v) is 18.2. The summed E-state index contributed by atoms with van der Waals surface area (Å²) >= 11 is 6.13. The first-order valence-electron chi connectivity index (χ1n) is 9.97. The summed E-state index contributed by atoms with van der Waals surface area (Å²) in [5, 5.41) is 2.58. The third kappa shape index (κ3) is 4.78. The lowest BCUT2D eigenvalue weighted by atomic mass is 10.1. The molecule has 4 amide bonds. The van der Waals surface area contributed by atoms with Crippen molar-refractivity contribution in [2.24, 2.45) is 0 Å². The number of halogens is 2. The average Bonchev–Trinajstić information content (AvgIpc) is 2.79. The molecule has 3 aromatic rings. The Kier molecular flexibility index (Phi) is 6.24. The number of rotatable bonds is 5. The highest BCUT2D eigenvalue weighted by Gasteiger charge is 2.37. The molecule has 0 aromatic heterocycles. The molecule has 33 heavy (non-hydrogen) atoms. The summed E-state index contributed by atoms with van der Waals surface area (Å²) < 4.78 is 18.9. The number of carbonyl (C=O) groups excluding carboxylic acids is 3. The van der Waals surface area contributed by atoms with Gasteiger partial charge in [0.2, 0.25) is 0 Å². The van der Waals surface area contributed by atoms with Crippen molar-refractivity contribution in [1.29, 1.82) is 0 Å². The van der Waals surface area contributed by atoms with Crippen molar-refractivity contribution >= 4 is 41.2 Å². The lowest BCUT2D eigenvalue weighted by Gasteiger charge is -2.27. The number of urea groups is 1. The van der Waals surface area contributed by atoms with Crippen LogP contribution in [0.2, 0.25) is 5.02 Å². The van der Waals surface area contributed by atoms with Crippen LogP contribution in [0.15, 0.2) is 72.3 Å². The van der Waals surface area contributed by atoms with Crippen LogP contribution in [0, 0.1) is 12.7 Å². The molecule has 0 spiro atoms. The Morgan fingerprint density at radius 1 is 1.03 bits per heavy atom. The number of benzene rings is 3. The average molecular weight is 465 g/mol. The van der Waals surface area contributed by atoms with Gasteiger partial charge in [0.05, 0.1) is 5.69 Å². The normalized spacial score (nSPS) is 15.1. The second kappa shape index (κ2) is 9.26. The van der Waals surface area contributed by atoms with E-state index in [9.17, 15) is 18.8 Å². The van der Waals surface area contributed by atoms with E-state index in [1.807, 2.05) is 0 Å². The Hall–Kier alpha value is -3.97. The number of hydrogen-bond donors (Lipinski definition) is 1. The second-order valence-electron chi connectivity index (χ2n) is 7.33. The molecule has 6 nitrogen and oxygen atoms in total. The number of anilines is 1. The van der Waals surface area contributed by atoms with Gasteiger partial charge in [-0.15, -0.1) is 0 Å². The highest BCUT2D eigenvalue weighted by Crippen LogP contribution is 2.29. The first-order valence-corrected chi connectivity index (χ1v) is 10.3. The second-order valence-corrected chi connectivity index (χ2v) is 7.74. The Morgan fingerprint density at radius 2 is 1.76 bits per heavy atom. The third-order valence-corrected chi connectivity index (χ3v) is 5.48. The fourth-order valence-corrected chi connectivity index (χ4v) is 3.50. The van der Waals surface area contributed by atoms with Crippen LogP contribution in [0.25, 0.3) is 6.08 Å². The maximum atomic E-state index is 13.3. The number of amides is 4. The van der Waals surface area contributed by atoms with E-state index in [0.29, 0.717) is 33.1 Å². The fourth-order valence-electron chi connectivity index (χ4n) is 3.33. The molecule has 1 N–H and O–H groups in total. The lowest BCUT2D eigenvalue weighted by molar-refractivity contribution is -0.122. The van der Waals surface area contributed by atoms with Gasteiger partial charge >= 0.3 is 6.03 Å². The van der Waals surface area contributed by atoms with Crippen molar-refractivity contribution in [3.63, 3.8) is 0 Å². The molecule has 1 aliphatic heterocycles. The molecule has 8 heteroatoms. The van der Waals surface area contributed by atoms with E-state index in [1.165, 1.54) is 18.2 Å². The Balaban J connectivity index is 1.54. The predicted octanol–water partition coefficient (Wildman–Crippen LogP) is 5.03. The molecule has 1 heterocycles. The minimum atomic E-state index is -0.839. The van der Waals surface area contributed by atoms with Crippen LogP contribution in [0.3, 0.4) is 0 Å². The SMILES string of the molecule is Cc1c(Cl)cccc1N1C(=O)NC(=O)/C(=C\c2ccc(OCc3cccc(F)c3)cc2)C1=O. The largest absolute Gasteiger partial charge is 0.489 e. The quantitative estimate of drug-likeness (QED) is 0.424. The van der Waals surface area contributed by atoms with E-state index < -0.39 is 17.8 Å². The number of hydrogen-bond acceptors (Lipinski definition) is 4. The Morgan fingerprint density at radius 3 is 2.48 bits per heavy atom. The van der Waals surface area contributed by atoms with Crippen molar-refractivity contribution < 1.29 is 23.5 Å². The Labute approximate surface area is 194 Å². The zero-order chi connectivity index (χ0) is 23.5. The molecule has 3 aromatic carbocycles. The number of nitrogens with zero attached hydrogens (tertiary/aromatic N) is 1. The molecular weight excluding hydrogens is 447 g/mol. The first kappa shape index (κ1) is 22.2. The van der Waals surface area contributed by atoms with Crippen LogP contribution in [-0.2, 0) is 16.2 Å². The van der Waals surface area contributed by atoms with Crippen molar-refractivity contribution in [2.45, 2.75) is 13.5 Å². The molecular formula is C25H18ClFN2O4. The summed E-state index contributed by atoms with van der Waals surface area (Å²) in [7, 11) is 0. The van der Waals surface area contributed by atoms with Gasteiger partial charge in [0, 0.05) is 5.02 Å². The van der Waals surface area contributed by atoms with Crippen molar-refractivity contribution in [1.82, 2.24) is 5.32 Å². The van der Waals surface area contributed by atoms with Gasteiger partial charge in [0.25, 0.3) is 11.8 Å².